The molecule has 108 valence electrons. The minimum Gasteiger partial charge on any atom is -0.299 e. The SMILES string of the molecule is Cc1cc(C)c(CC(=O)C2CCc3ccccc32)c(C)c1. The van der Waals surface area contributed by atoms with Crippen LogP contribution in [-0.2, 0) is 17.6 Å². The first-order valence-corrected chi connectivity index (χ1v) is 7.73. The lowest BCUT2D eigenvalue weighted by Gasteiger charge is -2.14. The molecule has 1 atom stereocenters. The highest BCUT2D eigenvalue weighted by molar-refractivity contribution is 5.89. The molecule has 0 aromatic heterocycles. The summed E-state index contributed by atoms with van der Waals surface area (Å²) in [6.07, 6.45) is 2.58. The van der Waals surface area contributed by atoms with Crippen molar-refractivity contribution in [1.82, 2.24) is 0 Å². The smallest absolute Gasteiger partial charge is 0.144 e. The fraction of sp³-hybridized carbons (Fsp3) is 0.350. The molecule has 0 radical (unpaired) electrons. The van der Waals surface area contributed by atoms with Crippen LogP contribution in [0.3, 0.4) is 0 Å². The van der Waals surface area contributed by atoms with E-state index in [9.17, 15) is 4.79 Å². The summed E-state index contributed by atoms with van der Waals surface area (Å²) >= 11 is 0. The molecule has 0 aliphatic heterocycles. The Hall–Kier alpha value is -1.89. The van der Waals surface area contributed by atoms with Gasteiger partial charge >= 0.3 is 0 Å². The molecule has 0 bridgehead atoms. The molecule has 0 heterocycles. The minimum atomic E-state index is 0.0984. The Morgan fingerprint density at radius 3 is 2.48 bits per heavy atom. The number of aryl methyl sites for hydroxylation is 4. The molecule has 0 saturated carbocycles. The predicted octanol–water partition coefficient (Wildman–Crippen LogP) is 4.45. The van der Waals surface area contributed by atoms with Crippen molar-refractivity contribution in [3.8, 4) is 0 Å². The topological polar surface area (TPSA) is 17.1 Å². The van der Waals surface area contributed by atoms with Crippen molar-refractivity contribution in [2.75, 3.05) is 0 Å². The summed E-state index contributed by atoms with van der Waals surface area (Å²) in [4.78, 5) is 12.8. The van der Waals surface area contributed by atoms with E-state index in [-0.39, 0.29) is 5.92 Å². The van der Waals surface area contributed by atoms with E-state index in [1.807, 2.05) is 6.07 Å². The van der Waals surface area contributed by atoms with Gasteiger partial charge in [0.1, 0.15) is 5.78 Å². The van der Waals surface area contributed by atoms with Crippen LogP contribution < -0.4 is 0 Å². The lowest BCUT2D eigenvalue weighted by atomic mass is 9.89. The standard InChI is InChI=1S/C20H22O/c1-13-10-14(2)19(15(3)11-13)12-20(21)18-9-8-16-6-4-5-7-17(16)18/h4-7,10-11,18H,8-9,12H2,1-3H3. The van der Waals surface area contributed by atoms with E-state index < -0.39 is 0 Å². The highest BCUT2D eigenvalue weighted by atomic mass is 16.1. The lowest BCUT2D eigenvalue weighted by Crippen LogP contribution is -2.14. The van der Waals surface area contributed by atoms with Gasteiger partial charge in [-0.25, -0.2) is 0 Å². The number of hydrogen-bond donors (Lipinski definition) is 0. The molecule has 0 N–H and O–H groups in total. The van der Waals surface area contributed by atoms with Crippen LogP contribution in [-0.4, -0.2) is 5.78 Å². The number of Topliss-reactive ketones (excluding diaryl/α,β-unsaturated/α-hetero) is 1. The van der Waals surface area contributed by atoms with E-state index in [0.29, 0.717) is 12.2 Å². The molecule has 0 fully saturated rings. The molecule has 2 aromatic rings. The summed E-state index contributed by atoms with van der Waals surface area (Å²) in [5, 5.41) is 0. The van der Waals surface area contributed by atoms with Crippen LogP contribution in [0.15, 0.2) is 36.4 Å². The van der Waals surface area contributed by atoms with Crippen molar-refractivity contribution in [3.05, 3.63) is 69.8 Å². The van der Waals surface area contributed by atoms with Gasteiger partial charge in [0.2, 0.25) is 0 Å². The molecular formula is C20H22O. The molecule has 21 heavy (non-hydrogen) atoms. The Labute approximate surface area is 127 Å². The van der Waals surface area contributed by atoms with Crippen molar-refractivity contribution < 1.29 is 4.79 Å². The second kappa shape index (κ2) is 5.48. The van der Waals surface area contributed by atoms with Gasteiger partial charge in [0.25, 0.3) is 0 Å². The Morgan fingerprint density at radius 1 is 1.10 bits per heavy atom. The summed E-state index contributed by atoms with van der Waals surface area (Å²) in [7, 11) is 0. The average Bonchev–Trinajstić information content (AvgIpc) is 2.86. The highest BCUT2D eigenvalue weighted by Gasteiger charge is 2.28. The summed E-state index contributed by atoms with van der Waals surface area (Å²) in [5.41, 5.74) is 7.58. The van der Waals surface area contributed by atoms with Crippen LogP contribution >= 0.6 is 0 Å². The van der Waals surface area contributed by atoms with Crippen molar-refractivity contribution in [2.45, 2.75) is 46.0 Å². The molecule has 0 amide bonds. The normalized spacial score (nSPS) is 16.8. The van der Waals surface area contributed by atoms with Gasteiger partial charge in [0, 0.05) is 12.3 Å². The molecule has 2 aromatic carbocycles. The number of rotatable bonds is 3. The third-order valence-corrected chi connectivity index (χ3v) is 4.71. The average molecular weight is 278 g/mol. The zero-order valence-corrected chi connectivity index (χ0v) is 13.1. The Balaban J connectivity index is 1.86. The van der Waals surface area contributed by atoms with Crippen LogP contribution in [0.1, 0.15) is 45.7 Å². The van der Waals surface area contributed by atoms with Gasteiger partial charge in [-0.1, -0.05) is 42.0 Å². The van der Waals surface area contributed by atoms with Gasteiger partial charge in [-0.15, -0.1) is 0 Å². The largest absolute Gasteiger partial charge is 0.299 e. The highest BCUT2D eigenvalue weighted by Crippen LogP contribution is 2.34. The van der Waals surface area contributed by atoms with Crippen LogP contribution in [0, 0.1) is 20.8 Å². The molecule has 1 heteroatoms. The van der Waals surface area contributed by atoms with Crippen LogP contribution in [0.4, 0.5) is 0 Å². The Bertz CT molecular complexity index is 674. The number of ketones is 1. The lowest BCUT2D eigenvalue weighted by molar-refractivity contribution is -0.119. The molecule has 0 spiro atoms. The number of benzene rings is 2. The third-order valence-electron chi connectivity index (χ3n) is 4.71. The first-order chi connectivity index (χ1) is 10.1. The first kappa shape index (κ1) is 14.1. The zero-order chi connectivity index (χ0) is 15.0. The predicted molar refractivity (Wildman–Crippen MR) is 86.9 cm³/mol. The van der Waals surface area contributed by atoms with Gasteiger partial charge < -0.3 is 0 Å². The molecule has 1 nitrogen and oxygen atoms in total. The molecule has 1 aliphatic carbocycles. The Morgan fingerprint density at radius 2 is 1.76 bits per heavy atom. The van der Waals surface area contributed by atoms with Gasteiger partial charge in [0.15, 0.2) is 0 Å². The van der Waals surface area contributed by atoms with E-state index >= 15 is 0 Å². The minimum absolute atomic E-state index is 0.0984. The van der Waals surface area contributed by atoms with E-state index in [2.05, 4.69) is 51.1 Å². The summed E-state index contributed by atoms with van der Waals surface area (Å²) in [6, 6.07) is 12.8. The fourth-order valence-electron chi connectivity index (χ4n) is 3.68. The van der Waals surface area contributed by atoms with E-state index in [0.717, 1.165) is 12.8 Å². The van der Waals surface area contributed by atoms with Crippen molar-refractivity contribution in [1.29, 1.82) is 0 Å². The van der Waals surface area contributed by atoms with E-state index in [4.69, 9.17) is 0 Å². The van der Waals surface area contributed by atoms with Crippen molar-refractivity contribution in [3.63, 3.8) is 0 Å². The molecular weight excluding hydrogens is 256 g/mol. The van der Waals surface area contributed by atoms with Crippen LogP contribution in [0.5, 0.6) is 0 Å². The molecule has 1 aliphatic rings. The van der Waals surface area contributed by atoms with Crippen LogP contribution in [0.25, 0.3) is 0 Å². The summed E-state index contributed by atoms with van der Waals surface area (Å²) in [6.45, 7) is 6.34. The zero-order valence-electron chi connectivity index (χ0n) is 13.1. The first-order valence-electron chi connectivity index (χ1n) is 7.73. The summed E-state index contributed by atoms with van der Waals surface area (Å²) in [5.74, 6) is 0.469. The fourth-order valence-corrected chi connectivity index (χ4v) is 3.68. The van der Waals surface area contributed by atoms with Gasteiger partial charge in [0.05, 0.1) is 0 Å². The van der Waals surface area contributed by atoms with Crippen molar-refractivity contribution >= 4 is 5.78 Å². The van der Waals surface area contributed by atoms with E-state index in [1.165, 1.54) is 33.4 Å². The monoisotopic (exact) mass is 278 g/mol. The van der Waals surface area contributed by atoms with Gasteiger partial charge in [-0.05, 0) is 61.4 Å². The number of carbonyl (C=O) groups excluding carboxylic acids is 1. The molecule has 0 saturated heterocycles. The number of fused-ring (bicyclic) bond motifs is 1. The quantitative estimate of drug-likeness (QED) is 0.810. The maximum atomic E-state index is 12.8. The van der Waals surface area contributed by atoms with E-state index in [1.54, 1.807) is 0 Å². The van der Waals surface area contributed by atoms with Gasteiger partial charge in [-0.2, -0.15) is 0 Å². The maximum absolute atomic E-state index is 12.8. The number of hydrogen-bond acceptors (Lipinski definition) is 1. The Kier molecular flexibility index (Phi) is 3.67. The number of carbonyl (C=O) groups is 1. The van der Waals surface area contributed by atoms with Crippen molar-refractivity contribution in [2.24, 2.45) is 0 Å². The van der Waals surface area contributed by atoms with Gasteiger partial charge in [-0.3, -0.25) is 4.79 Å². The third kappa shape index (κ3) is 2.65. The maximum Gasteiger partial charge on any atom is 0.144 e. The second-order valence-corrected chi connectivity index (χ2v) is 6.31. The molecule has 3 rings (SSSR count). The summed E-state index contributed by atoms with van der Waals surface area (Å²) < 4.78 is 0. The molecule has 1 unspecified atom stereocenters. The second-order valence-electron chi connectivity index (χ2n) is 6.31. The van der Waals surface area contributed by atoms with Crippen LogP contribution in [0.2, 0.25) is 0 Å².